The highest BCUT2D eigenvalue weighted by Gasteiger charge is 2.22. The molecule has 2 aromatic heterocycles. The van der Waals surface area contributed by atoms with Gasteiger partial charge in [0.25, 0.3) is 5.56 Å². The van der Waals surface area contributed by atoms with E-state index in [2.05, 4.69) is 13.5 Å². The highest BCUT2D eigenvalue weighted by molar-refractivity contribution is 7.99. The van der Waals surface area contributed by atoms with Gasteiger partial charge >= 0.3 is 0 Å². The Morgan fingerprint density at radius 1 is 1.37 bits per heavy atom. The fraction of sp³-hybridized carbons (Fsp3) is 0.348. The van der Waals surface area contributed by atoms with Crippen LogP contribution in [0, 0.1) is 5.92 Å². The number of nitrogens with zero attached hydrogens (tertiary/aromatic N) is 3. The first-order chi connectivity index (χ1) is 14.6. The van der Waals surface area contributed by atoms with Crippen molar-refractivity contribution in [2.75, 3.05) is 18.8 Å². The fourth-order valence-corrected chi connectivity index (χ4v) is 5.77. The van der Waals surface area contributed by atoms with Crippen LogP contribution in [0.2, 0.25) is 0 Å². The molecule has 0 saturated carbocycles. The number of hydrogen-bond donors (Lipinski definition) is 0. The van der Waals surface area contributed by atoms with Gasteiger partial charge in [0.1, 0.15) is 4.83 Å². The van der Waals surface area contributed by atoms with Crippen molar-refractivity contribution in [1.82, 2.24) is 14.5 Å². The average molecular weight is 440 g/mol. The third-order valence-corrected chi connectivity index (χ3v) is 7.36. The van der Waals surface area contributed by atoms with Crippen molar-refractivity contribution in [3.63, 3.8) is 0 Å². The fourth-order valence-electron chi connectivity index (χ4n) is 3.78. The van der Waals surface area contributed by atoms with Gasteiger partial charge in [0, 0.05) is 24.5 Å². The Hall–Kier alpha value is -2.38. The summed E-state index contributed by atoms with van der Waals surface area (Å²) in [6.07, 6.45) is 3.92. The maximum Gasteiger partial charge on any atom is 0.263 e. The summed E-state index contributed by atoms with van der Waals surface area (Å²) in [5.41, 5.74) is 0.985. The Labute approximate surface area is 184 Å². The van der Waals surface area contributed by atoms with Crippen LogP contribution in [0.1, 0.15) is 19.8 Å². The highest BCUT2D eigenvalue weighted by atomic mass is 32.2. The maximum absolute atomic E-state index is 13.1. The number of amides is 1. The lowest BCUT2D eigenvalue weighted by molar-refractivity contribution is -0.130. The number of carbonyl (C=O) groups is 1. The highest BCUT2D eigenvalue weighted by Crippen LogP contribution is 2.32. The molecular formula is C23H25N3O2S2. The monoisotopic (exact) mass is 439 g/mol. The van der Waals surface area contributed by atoms with Gasteiger partial charge in [0.05, 0.1) is 11.1 Å². The second-order valence-electron chi connectivity index (χ2n) is 7.67. The number of aromatic nitrogens is 2. The van der Waals surface area contributed by atoms with E-state index >= 15 is 0 Å². The summed E-state index contributed by atoms with van der Waals surface area (Å²) in [6, 6.07) is 11.9. The van der Waals surface area contributed by atoms with Crippen molar-refractivity contribution in [2.45, 2.75) is 31.5 Å². The lowest BCUT2D eigenvalue weighted by atomic mass is 10.0. The Morgan fingerprint density at radius 3 is 2.90 bits per heavy atom. The van der Waals surface area contributed by atoms with E-state index in [4.69, 9.17) is 4.98 Å². The van der Waals surface area contributed by atoms with Gasteiger partial charge in [0.2, 0.25) is 5.91 Å². The van der Waals surface area contributed by atoms with Crippen LogP contribution in [-0.2, 0) is 11.3 Å². The minimum Gasteiger partial charge on any atom is -0.342 e. The molecule has 30 heavy (non-hydrogen) atoms. The molecule has 0 spiro atoms. The van der Waals surface area contributed by atoms with Crippen molar-refractivity contribution < 1.29 is 4.79 Å². The van der Waals surface area contributed by atoms with Gasteiger partial charge in [-0.2, -0.15) is 0 Å². The minimum atomic E-state index is -0.0834. The molecule has 1 saturated heterocycles. The molecule has 1 aliphatic rings. The first-order valence-electron chi connectivity index (χ1n) is 10.2. The molecule has 156 valence electrons. The van der Waals surface area contributed by atoms with Crippen LogP contribution in [0.5, 0.6) is 0 Å². The molecule has 0 N–H and O–H groups in total. The van der Waals surface area contributed by atoms with E-state index in [0.29, 0.717) is 33.6 Å². The number of hydrogen-bond acceptors (Lipinski definition) is 5. The number of allylic oxidation sites excluding steroid dienone is 1. The summed E-state index contributed by atoms with van der Waals surface area (Å²) in [7, 11) is 0. The van der Waals surface area contributed by atoms with Crippen LogP contribution < -0.4 is 5.56 Å². The third-order valence-electron chi connectivity index (χ3n) is 5.32. The zero-order valence-electron chi connectivity index (χ0n) is 17.0. The van der Waals surface area contributed by atoms with E-state index in [-0.39, 0.29) is 11.5 Å². The zero-order chi connectivity index (χ0) is 21.1. The molecule has 3 aromatic rings. The molecule has 3 heterocycles. The van der Waals surface area contributed by atoms with E-state index in [1.54, 1.807) is 10.6 Å². The van der Waals surface area contributed by atoms with E-state index in [9.17, 15) is 9.59 Å². The quantitative estimate of drug-likeness (QED) is 0.318. The van der Waals surface area contributed by atoms with Crippen LogP contribution in [0.3, 0.4) is 0 Å². The number of rotatable bonds is 6. The number of likely N-dealkylation sites (tertiary alicyclic amines) is 1. The summed E-state index contributed by atoms with van der Waals surface area (Å²) < 4.78 is 1.62. The molecule has 0 bridgehead atoms. The van der Waals surface area contributed by atoms with Crippen LogP contribution in [-0.4, -0.2) is 39.2 Å². The predicted molar refractivity (Wildman–Crippen MR) is 125 cm³/mol. The summed E-state index contributed by atoms with van der Waals surface area (Å²) in [4.78, 5) is 34.3. The molecule has 5 nitrogen and oxygen atoms in total. The average Bonchev–Trinajstić information content (AvgIpc) is 3.19. The molecule has 1 aliphatic heterocycles. The maximum atomic E-state index is 13.1. The van der Waals surface area contributed by atoms with E-state index < -0.39 is 0 Å². The van der Waals surface area contributed by atoms with Gasteiger partial charge in [0.15, 0.2) is 5.16 Å². The van der Waals surface area contributed by atoms with Crippen LogP contribution in [0.4, 0.5) is 0 Å². The Balaban J connectivity index is 1.63. The normalized spacial score (nSPS) is 16.7. The Bertz CT molecular complexity index is 1120. The van der Waals surface area contributed by atoms with Gasteiger partial charge in [-0.3, -0.25) is 14.2 Å². The number of thioether (sulfide) groups is 1. The van der Waals surface area contributed by atoms with Crippen molar-refractivity contribution in [2.24, 2.45) is 5.92 Å². The van der Waals surface area contributed by atoms with Crippen molar-refractivity contribution in [3.05, 3.63) is 59.4 Å². The summed E-state index contributed by atoms with van der Waals surface area (Å²) in [5.74, 6) is 0.949. The second kappa shape index (κ2) is 9.18. The predicted octanol–water partition coefficient (Wildman–Crippen LogP) is 4.66. The number of thiophene rings is 1. The van der Waals surface area contributed by atoms with Crippen molar-refractivity contribution in [3.8, 4) is 10.4 Å². The molecule has 1 unspecified atom stereocenters. The lowest BCUT2D eigenvalue weighted by Crippen LogP contribution is -2.40. The molecule has 1 amide bonds. The summed E-state index contributed by atoms with van der Waals surface area (Å²) in [5, 5.41) is 1.19. The minimum absolute atomic E-state index is 0.0834. The van der Waals surface area contributed by atoms with E-state index in [0.717, 1.165) is 30.0 Å². The SMILES string of the molecule is C=CCn1c(SCC(=O)N2CCCC(C)C2)nc2sc(-c3ccccc3)cc2c1=O. The first kappa shape index (κ1) is 20.9. The summed E-state index contributed by atoms with van der Waals surface area (Å²) in [6.45, 7) is 7.97. The largest absolute Gasteiger partial charge is 0.342 e. The first-order valence-corrected chi connectivity index (χ1v) is 12.0. The molecule has 0 aliphatic carbocycles. The number of piperidine rings is 1. The van der Waals surface area contributed by atoms with Crippen LogP contribution in [0.25, 0.3) is 20.7 Å². The van der Waals surface area contributed by atoms with Gasteiger partial charge in [-0.15, -0.1) is 17.9 Å². The van der Waals surface area contributed by atoms with E-state index in [1.807, 2.05) is 41.3 Å². The van der Waals surface area contributed by atoms with Gasteiger partial charge in [-0.1, -0.05) is 55.1 Å². The second-order valence-corrected chi connectivity index (χ2v) is 9.64. The van der Waals surface area contributed by atoms with Crippen LogP contribution in [0.15, 0.2) is 59.0 Å². The van der Waals surface area contributed by atoms with Gasteiger partial charge in [-0.05, 0) is 30.4 Å². The van der Waals surface area contributed by atoms with Crippen LogP contribution >= 0.6 is 23.1 Å². The molecular weight excluding hydrogens is 414 g/mol. The zero-order valence-corrected chi connectivity index (χ0v) is 18.7. The number of fused-ring (bicyclic) bond motifs is 1. The summed E-state index contributed by atoms with van der Waals surface area (Å²) >= 11 is 2.85. The number of benzene rings is 1. The topological polar surface area (TPSA) is 55.2 Å². The smallest absolute Gasteiger partial charge is 0.263 e. The molecule has 0 radical (unpaired) electrons. The Morgan fingerprint density at radius 2 is 2.17 bits per heavy atom. The van der Waals surface area contributed by atoms with Gasteiger partial charge in [-0.25, -0.2) is 4.98 Å². The van der Waals surface area contributed by atoms with Gasteiger partial charge < -0.3 is 4.90 Å². The van der Waals surface area contributed by atoms with E-state index in [1.165, 1.54) is 29.5 Å². The van der Waals surface area contributed by atoms with Crippen molar-refractivity contribution >= 4 is 39.2 Å². The van der Waals surface area contributed by atoms with Crippen molar-refractivity contribution in [1.29, 1.82) is 0 Å². The third kappa shape index (κ3) is 4.37. The standard InChI is InChI=1S/C23H25N3O2S2/c1-3-11-26-22(28)18-13-19(17-9-5-4-6-10-17)30-21(18)24-23(26)29-15-20(27)25-12-7-8-16(2)14-25/h3-6,9-10,13,16H,1,7-8,11-12,14-15H2,2H3. The molecule has 7 heteroatoms. The molecule has 1 fully saturated rings. The number of carbonyl (C=O) groups excluding carboxylic acids is 1. The molecule has 4 rings (SSSR count). The molecule has 1 aromatic carbocycles. The lowest BCUT2D eigenvalue weighted by Gasteiger charge is -2.30. The Kier molecular flexibility index (Phi) is 6.39. The molecule has 1 atom stereocenters.